The van der Waals surface area contributed by atoms with Gasteiger partial charge in [-0.1, -0.05) is 57.1 Å². The van der Waals surface area contributed by atoms with Gasteiger partial charge >= 0.3 is 0 Å². The summed E-state index contributed by atoms with van der Waals surface area (Å²) in [6, 6.07) is 9.00. The van der Waals surface area contributed by atoms with Gasteiger partial charge in [0.15, 0.2) is 0 Å². The Morgan fingerprint density at radius 2 is 1.49 bits per heavy atom. The molecule has 5 aliphatic rings. The predicted molar refractivity (Wildman–Crippen MR) is 148 cm³/mol. The molecule has 0 bridgehead atoms. The van der Waals surface area contributed by atoms with E-state index in [4.69, 9.17) is 4.74 Å². The topological polar surface area (TPSA) is 61.9 Å². The van der Waals surface area contributed by atoms with E-state index in [1.165, 1.54) is 76.2 Å². The van der Waals surface area contributed by atoms with Crippen molar-refractivity contribution in [3.05, 3.63) is 35.4 Å². The van der Waals surface area contributed by atoms with Crippen LogP contribution in [0.4, 0.5) is 0 Å². The van der Waals surface area contributed by atoms with Gasteiger partial charge in [-0.2, -0.15) is 0 Å². The molecule has 3 heterocycles. The Morgan fingerprint density at radius 3 is 2.16 bits per heavy atom. The molecule has 0 aromatic heterocycles. The number of nitrogens with zero attached hydrogens (tertiary/aromatic N) is 2. The van der Waals surface area contributed by atoms with Gasteiger partial charge in [-0.3, -0.25) is 14.9 Å². The molecule has 2 saturated carbocycles. The molecular formula is C30H43N3O3S. The van der Waals surface area contributed by atoms with Crippen molar-refractivity contribution in [1.29, 1.82) is 0 Å². The molecule has 3 aliphatic heterocycles. The third-order valence-corrected chi connectivity index (χ3v) is 11.6. The maximum Gasteiger partial charge on any atom is 0.253 e. The molecule has 1 aromatic rings. The molecule has 6 rings (SSSR count). The lowest BCUT2D eigenvalue weighted by Gasteiger charge is -2.45. The van der Waals surface area contributed by atoms with Crippen molar-refractivity contribution in [3.63, 3.8) is 0 Å². The second-order valence-corrected chi connectivity index (χ2v) is 13.3. The molecule has 1 N–H and O–H groups in total. The standard InChI is InChI=1S/C30H43N3O3S/c34-28(32-17-19-33(20-18-32)29(35)25-15-21-36-25)23-13-11-22(12-14-23)27-31-26-10-6-7-16-30(26,37-27)24-8-4-2-1-3-5-9-24/h11-14,24-27,31H,1-10,15-21H2. The zero-order chi connectivity index (χ0) is 25.2. The van der Waals surface area contributed by atoms with Gasteiger partial charge in [0.1, 0.15) is 6.10 Å². The summed E-state index contributed by atoms with van der Waals surface area (Å²) in [5.74, 6) is 0.995. The van der Waals surface area contributed by atoms with Crippen LogP contribution in [-0.4, -0.2) is 71.3 Å². The van der Waals surface area contributed by atoms with E-state index >= 15 is 0 Å². The van der Waals surface area contributed by atoms with Gasteiger partial charge in [-0.25, -0.2) is 0 Å². The molecule has 6 nitrogen and oxygen atoms in total. The van der Waals surface area contributed by atoms with E-state index in [1.807, 2.05) is 21.9 Å². The van der Waals surface area contributed by atoms with Gasteiger partial charge in [0.2, 0.25) is 0 Å². The largest absolute Gasteiger partial charge is 0.368 e. The Bertz CT molecular complexity index is 951. The summed E-state index contributed by atoms with van der Waals surface area (Å²) in [4.78, 5) is 29.4. The van der Waals surface area contributed by atoms with Gasteiger partial charge in [-0.15, -0.1) is 11.8 Å². The minimum atomic E-state index is -0.258. The number of piperazine rings is 1. The Hall–Kier alpha value is -1.57. The Labute approximate surface area is 226 Å². The summed E-state index contributed by atoms with van der Waals surface area (Å²) in [7, 11) is 0. The highest BCUT2D eigenvalue weighted by atomic mass is 32.2. The molecule has 0 spiro atoms. The van der Waals surface area contributed by atoms with Gasteiger partial charge < -0.3 is 14.5 Å². The minimum absolute atomic E-state index is 0.0743. The van der Waals surface area contributed by atoms with Crippen LogP contribution in [-0.2, 0) is 9.53 Å². The van der Waals surface area contributed by atoms with Gasteiger partial charge in [-0.05, 0) is 49.3 Å². The van der Waals surface area contributed by atoms with E-state index in [0.29, 0.717) is 48.9 Å². The summed E-state index contributed by atoms with van der Waals surface area (Å²) in [6.45, 7) is 3.04. The Kier molecular flexibility index (Phi) is 7.83. The lowest BCUT2D eigenvalue weighted by molar-refractivity contribution is -0.157. The second kappa shape index (κ2) is 11.3. The lowest BCUT2D eigenvalue weighted by atomic mass is 9.71. The molecule has 2 aliphatic carbocycles. The summed E-state index contributed by atoms with van der Waals surface area (Å²) >= 11 is 2.22. The Morgan fingerprint density at radius 1 is 0.838 bits per heavy atom. The molecule has 3 saturated heterocycles. The number of nitrogens with one attached hydrogen (secondary N) is 1. The zero-order valence-corrected chi connectivity index (χ0v) is 23.0. The van der Waals surface area contributed by atoms with E-state index in [2.05, 4.69) is 29.2 Å². The fourth-order valence-electron chi connectivity index (χ4n) is 7.41. The lowest BCUT2D eigenvalue weighted by Crippen LogP contribution is -2.54. The number of thioether (sulfide) groups is 1. The monoisotopic (exact) mass is 525 g/mol. The smallest absolute Gasteiger partial charge is 0.253 e. The van der Waals surface area contributed by atoms with Crippen LogP contribution in [0.15, 0.2) is 24.3 Å². The highest BCUT2D eigenvalue weighted by Gasteiger charge is 2.53. The first-order valence-electron chi connectivity index (χ1n) is 14.9. The first kappa shape index (κ1) is 25.7. The van der Waals surface area contributed by atoms with Crippen molar-refractivity contribution in [2.24, 2.45) is 5.92 Å². The highest BCUT2D eigenvalue weighted by Crippen LogP contribution is 2.58. The third kappa shape index (κ3) is 5.20. The molecular weight excluding hydrogens is 482 g/mol. The van der Waals surface area contributed by atoms with E-state index in [1.54, 1.807) is 0 Å². The number of carbonyl (C=O) groups excluding carboxylic acids is 2. The maximum absolute atomic E-state index is 13.2. The normalized spacial score (nSPS) is 33.2. The Balaban J connectivity index is 1.09. The molecule has 0 radical (unpaired) electrons. The molecule has 5 fully saturated rings. The number of hydrogen-bond acceptors (Lipinski definition) is 5. The van der Waals surface area contributed by atoms with Crippen molar-refractivity contribution in [3.8, 4) is 0 Å². The number of ether oxygens (including phenoxy) is 1. The number of benzene rings is 1. The average Bonchev–Trinajstić information content (AvgIpc) is 3.28. The number of rotatable bonds is 4. The fraction of sp³-hybridized carbons (Fsp3) is 0.733. The summed E-state index contributed by atoms with van der Waals surface area (Å²) < 4.78 is 5.73. The van der Waals surface area contributed by atoms with E-state index in [-0.39, 0.29) is 17.9 Å². The number of hydrogen-bond donors (Lipinski definition) is 1. The first-order chi connectivity index (χ1) is 18.1. The number of carbonyl (C=O) groups is 2. The van der Waals surface area contributed by atoms with Crippen LogP contribution in [0.3, 0.4) is 0 Å². The molecule has 37 heavy (non-hydrogen) atoms. The predicted octanol–water partition coefficient (Wildman–Crippen LogP) is 5.14. The minimum Gasteiger partial charge on any atom is -0.368 e. The molecule has 4 atom stereocenters. The van der Waals surface area contributed by atoms with E-state index < -0.39 is 0 Å². The SMILES string of the molecule is O=C(c1ccc(C2NC3CCCCC3(C3CCCCCCC3)S2)cc1)N1CCN(C(=O)C2CCO2)CC1. The van der Waals surface area contributed by atoms with Crippen molar-refractivity contribution in [2.45, 2.75) is 99.3 Å². The molecule has 1 aromatic carbocycles. The van der Waals surface area contributed by atoms with Gasteiger partial charge in [0.05, 0.1) is 12.0 Å². The van der Waals surface area contributed by atoms with Crippen molar-refractivity contribution in [1.82, 2.24) is 15.1 Å². The summed E-state index contributed by atoms with van der Waals surface area (Å²) in [5, 5.41) is 4.37. The van der Waals surface area contributed by atoms with Crippen LogP contribution in [0.5, 0.6) is 0 Å². The quantitative estimate of drug-likeness (QED) is 0.590. The van der Waals surface area contributed by atoms with Crippen molar-refractivity contribution in [2.75, 3.05) is 32.8 Å². The molecule has 7 heteroatoms. The molecule has 202 valence electrons. The average molecular weight is 526 g/mol. The summed E-state index contributed by atoms with van der Waals surface area (Å²) in [6.07, 6.45) is 15.8. The van der Waals surface area contributed by atoms with Crippen LogP contribution in [0, 0.1) is 5.92 Å². The van der Waals surface area contributed by atoms with Gasteiger partial charge in [0.25, 0.3) is 11.8 Å². The van der Waals surface area contributed by atoms with Gasteiger partial charge in [0, 0.05) is 49.0 Å². The van der Waals surface area contributed by atoms with Crippen molar-refractivity contribution < 1.29 is 14.3 Å². The van der Waals surface area contributed by atoms with Crippen LogP contribution in [0.25, 0.3) is 0 Å². The molecule has 2 amide bonds. The molecule has 4 unspecified atom stereocenters. The van der Waals surface area contributed by atoms with Crippen LogP contribution < -0.4 is 5.32 Å². The van der Waals surface area contributed by atoms with E-state index in [9.17, 15) is 9.59 Å². The second-order valence-electron chi connectivity index (χ2n) is 11.8. The number of amides is 2. The van der Waals surface area contributed by atoms with Crippen LogP contribution in [0.2, 0.25) is 0 Å². The summed E-state index contributed by atoms with van der Waals surface area (Å²) in [5.41, 5.74) is 2.05. The van der Waals surface area contributed by atoms with E-state index in [0.717, 1.165) is 17.9 Å². The highest BCUT2D eigenvalue weighted by molar-refractivity contribution is 8.01. The van der Waals surface area contributed by atoms with Crippen LogP contribution in [0.1, 0.15) is 98.3 Å². The fourth-order valence-corrected chi connectivity index (χ4v) is 9.42. The third-order valence-electron chi connectivity index (χ3n) is 9.70. The van der Waals surface area contributed by atoms with Crippen LogP contribution >= 0.6 is 11.8 Å². The number of fused-ring (bicyclic) bond motifs is 1. The first-order valence-corrected chi connectivity index (χ1v) is 15.8. The maximum atomic E-state index is 13.2. The zero-order valence-electron chi connectivity index (χ0n) is 22.2. The van der Waals surface area contributed by atoms with Crippen molar-refractivity contribution >= 4 is 23.6 Å².